The van der Waals surface area contributed by atoms with Crippen LogP contribution in [0.3, 0.4) is 0 Å². The third-order valence-corrected chi connectivity index (χ3v) is 8.99. The van der Waals surface area contributed by atoms with E-state index < -0.39 is 5.97 Å². The molecule has 1 N–H and O–H groups in total. The average molecular weight is 726 g/mol. The van der Waals surface area contributed by atoms with Crippen molar-refractivity contribution in [1.29, 1.82) is 0 Å². The third kappa shape index (κ3) is 11.7. The summed E-state index contributed by atoms with van der Waals surface area (Å²) in [5.74, 6) is -0.928. The van der Waals surface area contributed by atoms with Crippen molar-refractivity contribution in [2.45, 2.75) is 25.7 Å². The Kier molecular flexibility index (Phi) is 14.2. The molecule has 0 aliphatic heterocycles. The molecule has 0 unspecified atom stereocenters. The molecule has 6 rings (SSSR count). The van der Waals surface area contributed by atoms with Gasteiger partial charge in [-0.15, -0.1) is 0 Å². The lowest BCUT2D eigenvalue weighted by Gasteiger charge is -2.09. The topological polar surface area (TPSA) is 63.6 Å². The van der Waals surface area contributed by atoms with Crippen LogP contribution in [-0.2, 0) is 27.2 Å². The number of allylic oxidation sites excluding steroid dienone is 2. The van der Waals surface area contributed by atoms with Crippen LogP contribution in [0.2, 0.25) is 10.0 Å². The number of benzene rings is 6. The fourth-order valence-electron chi connectivity index (χ4n) is 5.70. The predicted molar refractivity (Wildman–Crippen MR) is 214 cm³/mol. The molecule has 260 valence electrons. The van der Waals surface area contributed by atoms with Gasteiger partial charge in [0.25, 0.3) is 6.47 Å². The lowest BCUT2D eigenvalue weighted by Crippen LogP contribution is -1.95. The molecule has 0 heterocycles. The van der Waals surface area contributed by atoms with E-state index in [4.69, 9.17) is 27.9 Å². The second kappa shape index (κ2) is 19.6. The molecule has 0 aromatic heterocycles. The van der Waals surface area contributed by atoms with E-state index in [0.717, 1.165) is 68.8 Å². The molecule has 0 saturated heterocycles. The van der Waals surface area contributed by atoms with Crippen LogP contribution < -0.4 is 0 Å². The minimum absolute atomic E-state index is 0.445. The maximum absolute atomic E-state index is 11.2. The highest BCUT2D eigenvalue weighted by Gasteiger charge is 2.08. The largest absolute Gasteiger partial charge is 0.478 e. The molecule has 0 aliphatic carbocycles. The van der Waals surface area contributed by atoms with Crippen molar-refractivity contribution >= 4 is 46.8 Å². The Labute approximate surface area is 315 Å². The zero-order chi connectivity index (χ0) is 36.5. The molecule has 0 radical (unpaired) electrons. The van der Waals surface area contributed by atoms with Crippen LogP contribution in [-0.4, -0.2) is 17.5 Å². The summed E-state index contributed by atoms with van der Waals surface area (Å²) in [7, 11) is 0. The second-order valence-corrected chi connectivity index (χ2v) is 12.9. The van der Waals surface area contributed by atoms with Gasteiger partial charge in [-0.2, -0.15) is 0 Å². The Balaban J connectivity index is 0.000000201. The molecule has 6 aromatic rings. The molecule has 6 heteroatoms. The smallest absolute Gasteiger partial charge is 0.328 e. The van der Waals surface area contributed by atoms with Gasteiger partial charge in [0.15, 0.2) is 0 Å². The standard InChI is InChI=1S/2C23H19ClO2/c24-23-14-7-18(8-15-23)6-9-22(16-26-17-25)21-12-10-20(11-13-21)19-4-2-1-3-5-19;24-22-14-7-17(8-15-22)6-9-21(16-23(25)26)20-12-10-19(11-13-20)18-4-2-1-3-5-18/h1-5,7-8,10-17H,6,9H2;1-5,7-8,10-16H,6,9H2,(H,25,26)/b22-16+;21-16-. The maximum Gasteiger partial charge on any atom is 0.328 e. The van der Waals surface area contributed by atoms with E-state index in [1.165, 1.54) is 23.5 Å². The van der Waals surface area contributed by atoms with E-state index in [1.54, 1.807) is 0 Å². The van der Waals surface area contributed by atoms with Gasteiger partial charge in [-0.25, -0.2) is 4.79 Å². The van der Waals surface area contributed by atoms with Crippen molar-refractivity contribution in [1.82, 2.24) is 0 Å². The van der Waals surface area contributed by atoms with E-state index in [9.17, 15) is 14.7 Å². The van der Waals surface area contributed by atoms with Crippen molar-refractivity contribution in [3.05, 3.63) is 202 Å². The molecule has 0 aliphatic rings. The molecule has 4 nitrogen and oxygen atoms in total. The van der Waals surface area contributed by atoms with Crippen LogP contribution in [0, 0.1) is 0 Å². The molecule has 0 saturated carbocycles. The number of carboxylic acids is 1. The van der Waals surface area contributed by atoms with Crippen LogP contribution in [0.15, 0.2) is 170 Å². The fourth-order valence-corrected chi connectivity index (χ4v) is 5.96. The highest BCUT2D eigenvalue weighted by atomic mass is 35.5. The first-order valence-corrected chi connectivity index (χ1v) is 17.7. The van der Waals surface area contributed by atoms with Gasteiger partial charge in [-0.05, 0) is 106 Å². The van der Waals surface area contributed by atoms with Crippen LogP contribution in [0.4, 0.5) is 0 Å². The number of hydrogen-bond acceptors (Lipinski definition) is 3. The summed E-state index contributed by atoms with van der Waals surface area (Å²) in [6.07, 6.45) is 5.84. The number of hydrogen-bond donors (Lipinski definition) is 1. The number of halogens is 2. The normalized spacial score (nSPS) is 11.3. The molecule has 0 amide bonds. The van der Waals surface area contributed by atoms with Crippen LogP contribution >= 0.6 is 23.2 Å². The average Bonchev–Trinajstić information content (AvgIpc) is 3.19. The number of aliphatic carboxylic acids is 1. The third-order valence-electron chi connectivity index (χ3n) is 8.48. The van der Waals surface area contributed by atoms with E-state index in [2.05, 4.69) is 48.5 Å². The molecular formula is C46H38Cl2O4. The molecule has 0 bridgehead atoms. The number of carbonyl (C=O) groups is 2. The lowest BCUT2D eigenvalue weighted by atomic mass is 9.96. The number of aryl methyl sites for hydroxylation is 2. The molecular weight excluding hydrogens is 687 g/mol. The number of carbonyl (C=O) groups excluding carboxylic acids is 1. The van der Waals surface area contributed by atoms with Crippen molar-refractivity contribution < 1.29 is 19.4 Å². The quantitative estimate of drug-likeness (QED) is 0.0731. The van der Waals surface area contributed by atoms with Gasteiger partial charge in [0.1, 0.15) is 0 Å². The second-order valence-electron chi connectivity index (χ2n) is 12.0. The van der Waals surface area contributed by atoms with Crippen LogP contribution in [0.1, 0.15) is 35.1 Å². The van der Waals surface area contributed by atoms with Crippen molar-refractivity contribution in [3.8, 4) is 22.3 Å². The van der Waals surface area contributed by atoms with E-state index in [0.29, 0.717) is 17.9 Å². The zero-order valence-electron chi connectivity index (χ0n) is 28.5. The summed E-state index contributed by atoms with van der Waals surface area (Å²) in [6, 6.07) is 52.1. The van der Waals surface area contributed by atoms with E-state index in [-0.39, 0.29) is 0 Å². The summed E-state index contributed by atoms with van der Waals surface area (Å²) in [4.78, 5) is 21.8. The summed E-state index contributed by atoms with van der Waals surface area (Å²) in [6.45, 7) is 0.445. The Hall–Kier alpha value is -5.68. The molecule has 0 spiro atoms. The van der Waals surface area contributed by atoms with E-state index >= 15 is 0 Å². The first-order valence-electron chi connectivity index (χ1n) is 16.9. The fraction of sp³-hybridized carbons (Fsp3) is 0.0870. The van der Waals surface area contributed by atoms with E-state index in [1.807, 2.05) is 109 Å². The lowest BCUT2D eigenvalue weighted by molar-refractivity contribution is -0.131. The highest BCUT2D eigenvalue weighted by molar-refractivity contribution is 6.30. The molecule has 52 heavy (non-hydrogen) atoms. The first kappa shape index (κ1) is 37.6. The molecule has 0 atom stereocenters. The molecule has 6 aromatic carbocycles. The summed E-state index contributed by atoms with van der Waals surface area (Å²) < 4.78 is 4.91. The van der Waals surface area contributed by atoms with Crippen molar-refractivity contribution in [3.63, 3.8) is 0 Å². The number of rotatable bonds is 13. The first-order chi connectivity index (χ1) is 25.4. The van der Waals surface area contributed by atoms with Gasteiger partial charge >= 0.3 is 5.97 Å². The van der Waals surface area contributed by atoms with Crippen molar-refractivity contribution in [2.75, 3.05) is 0 Å². The van der Waals surface area contributed by atoms with Crippen molar-refractivity contribution in [2.24, 2.45) is 0 Å². The summed E-state index contributed by atoms with van der Waals surface area (Å²) in [5, 5.41) is 10.6. The minimum Gasteiger partial charge on any atom is -0.478 e. The SMILES string of the molecule is O=C(O)/C=C(/CCc1ccc(Cl)cc1)c1ccc(-c2ccccc2)cc1.O=CO/C=C(\CCc1ccc(Cl)cc1)c1ccc(-c2ccccc2)cc1. The van der Waals surface area contributed by atoms with Gasteiger partial charge in [0, 0.05) is 16.1 Å². The highest BCUT2D eigenvalue weighted by Crippen LogP contribution is 2.27. The van der Waals surface area contributed by atoms with Gasteiger partial charge in [-0.1, -0.05) is 157 Å². The summed E-state index contributed by atoms with van der Waals surface area (Å²) in [5.41, 5.74) is 10.7. The van der Waals surface area contributed by atoms with Gasteiger partial charge in [0.05, 0.1) is 6.26 Å². The Morgan fingerprint density at radius 2 is 0.904 bits per heavy atom. The Morgan fingerprint density at radius 1 is 0.519 bits per heavy atom. The molecule has 0 fully saturated rings. The minimum atomic E-state index is -0.928. The number of carboxylic acid groups (broad SMARTS) is 1. The predicted octanol–water partition coefficient (Wildman–Crippen LogP) is 12.3. The van der Waals surface area contributed by atoms with Gasteiger partial charge in [0.2, 0.25) is 0 Å². The van der Waals surface area contributed by atoms with Gasteiger partial charge < -0.3 is 9.84 Å². The van der Waals surface area contributed by atoms with Crippen LogP contribution in [0.5, 0.6) is 0 Å². The Morgan fingerprint density at radius 3 is 1.31 bits per heavy atom. The monoisotopic (exact) mass is 724 g/mol. The Bertz CT molecular complexity index is 2070. The van der Waals surface area contributed by atoms with Gasteiger partial charge in [-0.3, -0.25) is 4.79 Å². The van der Waals surface area contributed by atoms with Crippen LogP contribution in [0.25, 0.3) is 33.4 Å². The number of ether oxygens (including phenoxy) is 1. The maximum atomic E-state index is 11.2. The zero-order valence-corrected chi connectivity index (χ0v) is 30.0. The summed E-state index contributed by atoms with van der Waals surface area (Å²) >= 11 is 11.8.